The molecule has 0 aromatic heterocycles. The van der Waals surface area contributed by atoms with Crippen LogP contribution in [0.25, 0.3) is 0 Å². The van der Waals surface area contributed by atoms with E-state index >= 15 is 0 Å². The van der Waals surface area contributed by atoms with Gasteiger partial charge in [-0.2, -0.15) is 0 Å². The summed E-state index contributed by atoms with van der Waals surface area (Å²) >= 11 is 0. The zero-order valence-electron chi connectivity index (χ0n) is 11.0. The summed E-state index contributed by atoms with van der Waals surface area (Å²) in [5.41, 5.74) is 2.42. The fourth-order valence-corrected chi connectivity index (χ4v) is 2.52. The minimum absolute atomic E-state index is 0.0932. The molecule has 0 bridgehead atoms. The Morgan fingerprint density at radius 3 is 2.39 bits per heavy atom. The normalized spacial score (nSPS) is 19.0. The number of carbonyl (C=O) groups is 1. The Bertz CT molecular complexity index is 418. The summed E-state index contributed by atoms with van der Waals surface area (Å²) in [5.74, 6) is -1.06. The molecule has 1 aromatic carbocycles. The van der Waals surface area contributed by atoms with Crippen LogP contribution in [0.3, 0.4) is 0 Å². The van der Waals surface area contributed by atoms with Crippen molar-refractivity contribution in [3.05, 3.63) is 35.4 Å². The Hall–Kier alpha value is -1.35. The number of ether oxygens (including phenoxy) is 1. The Kier molecular flexibility index (Phi) is 3.71. The summed E-state index contributed by atoms with van der Waals surface area (Å²) in [7, 11) is 0. The molecule has 2 rings (SSSR count). The van der Waals surface area contributed by atoms with Crippen LogP contribution in [0, 0.1) is 5.92 Å². The van der Waals surface area contributed by atoms with Crippen LogP contribution in [-0.4, -0.2) is 24.3 Å². The maximum atomic E-state index is 11.0. The fourth-order valence-electron chi connectivity index (χ4n) is 2.52. The lowest BCUT2D eigenvalue weighted by molar-refractivity contribution is -0.144. The predicted octanol–water partition coefficient (Wildman–Crippen LogP) is 2.63. The second-order valence-electron chi connectivity index (χ2n) is 5.27. The van der Waals surface area contributed by atoms with E-state index in [1.165, 1.54) is 11.1 Å². The zero-order valence-corrected chi connectivity index (χ0v) is 11.0. The highest BCUT2D eigenvalue weighted by atomic mass is 16.5. The van der Waals surface area contributed by atoms with Gasteiger partial charge in [0.15, 0.2) is 0 Å². The van der Waals surface area contributed by atoms with Crippen molar-refractivity contribution in [2.24, 2.45) is 5.92 Å². The summed E-state index contributed by atoms with van der Waals surface area (Å²) < 4.78 is 5.34. The van der Waals surface area contributed by atoms with Gasteiger partial charge in [0.05, 0.1) is 19.1 Å². The molecule has 1 aromatic rings. The first-order valence-corrected chi connectivity index (χ1v) is 6.47. The Balaban J connectivity index is 2.18. The molecule has 1 heterocycles. The molecule has 1 N–H and O–H groups in total. The molecule has 98 valence electrons. The number of aliphatic carboxylic acids is 1. The highest BCUT2D eigenvalue weighted by molar-refractivity contribution is 5.69. The second kappa shape index (κ2) is 5.11. The van der Waals surface area contributed by atoms with Crippen LogP contribution in [0.1, 0.15) is 31.4 Å². The van der Waals surface area contributed by atoms with E-state index in [4.69, 9.17) is 9.84 Å². The molecule has 0 radical (unpaired) electrons. The van der Waals surface area contributed by atoms with Gasteiger partial charge in [-0.3, -0.25) is 4.79 Å². The van der Waals surface area contributed by atoms with Gasteiger partial charge in [0.1, 0.15) is 0 Å². The average molecular weight is 248 g/mol. The maximum absolute atomic E-state index is 11.0. The molecule has 0 saturated carbocycles. The number of aryl methyl sites for hydroxylation is 1. The van der Waals surface area contributed by atoms with E-state index in [0.29, 0.717) is 19.6 Å². The topological polar surface area (TPSA) is 46.5 Å². The van der Waals surface area contributed by atoms with Gasteiger partial charge in [-0.1, -0.05) is 38.1 Å². The van der Waals surface area contributed by atoms with Crippen LogP contribution in [0.2, 0.25) is 0 Å². The van der Waals surface area contributed by atoms with Gasteiger partial charge in [0, 0.05) is 5.41 Å². The summed E-state index contributed by atoms with van der Waals surface area (Å²) in [6, 6.07) is 8.49. The van der Waals surface area contributed by atoms with Crippen LogP contribution in [0.5, 0.6) is 0 Å². The molecule has 0 aliphatic carbocycles. The summed E-state index contributed by atoms with van der Waals surface area (Å²) in [4.78, 5) is 11.0. The number of carboxylic acids is 1. The largest absolute Gasteiger partial charge is 0.481 e. The third-order valence-electron chi connectivity index (χ3n) is 3.85. The van der Waals surface area contributed by atoms with Gasteiger partial charge in [-0.05, 0) is 24.0 Å². The molecule has 1 unspecified atom stereocenters. The summed E-state index contributed by atoms with van der Waals surface area (Å²) in [5, 5.41) is 9.05. The highest BCUT2D eigenvalue weighted by Crippen LogP contribution is 2.38. The van der Waals surface area contributed by atoms with E-state index in [1.807, 2.05) is 0 Å². The van der Waals surface area contributed by atoms with E-state index < -0.39 is 5.97 Å². The third-order valence-corrected chi connectivity index (χ3v) is 3.85. The average Bonchev–Trinajstić information content (AvgIpc) is 2.33. The van der Waals surface area contributed by atoms with Crippen molar-refractivity contribution in [1.29, 1.82) is 0 Å². The van der Waals surface area contributed by atoms with E-state index in [1.54, 1.807) is 6.92 Å². The molecule has 1 aliphatic rings. The van der Waals surface area contributed by atoms with Crippen molar-refractivity contribution in [3.63, 3.8) is 0 Å². The molecular formula is C15H20O3. The summed E-state index contributed by atoms with van der Waals surface area (Å²) in [6.07, 6.45) is 1.67. The van der Waals surface area contributed by atoms with Crippen molar-refractivity contribution >= 4 is 5.97 Å². The number of hydrogen-bond donors (Lipinski definition) is 1. The second-order valence-corrected chi connectivity index (χ2v) is 5.27. The van der Waals surface area contributed by atoms with Gasteiger partial charge >= 0.3 is 5.97 Å². The lowest BCUT2D eigenvalue weighted by atomic mass is 9.72. The zero-order chi connectivity index (χ0) is 13.2. The van der Waals surface area contributed by atoms with Crippen molar-refractivity contribution in [1.82, 2.24) is 0 Å². The van der Waals surface area contributed by atoms with Crippen molar-refractivity contribution < 1.29 is 14.6 Å². The lowest BCUT2D eigenvalue weighted by Gasteiger charge is -2.43. The van der Waals surface area contributed by atoms with Crippen LogP contribution < -0.4 is 0 Å². The quantitative estimate of drug-likeness (QED) is 0.871. The number of rotatable bonds is 5. The highest BCUT2D eigenvalue weighted by Gasteiger charge is 2.42. The predicted molar refractivity (Wildman–Crippen MR) is 69.7 cm³/mol. The maximum Gasteiger partial charge on any atom is 0.306 e. The van der Waals surface area contributed by atoms with Gasteiger partial charge < -0.3 is 9.84 Å². The van der Waals surface area contributed by atoms with E-state index in [0.717, 1.165) is 6.42 Å². The number of benzene rings is 1. The molecule has 1 atom stereocenters. The molecule has 1 saturated heterocycles. The van der Waals surface area contributed by atoms with Gasteiger partial charge in [-0.15, -0.1) is 0 Å². The number of carboxylic acid groups (broad SMARTS) is 1. The standard InChI is InChI=1S/C15H20O3/c1-3-12-4-6-13(7-5-12)15(9-18-10-15)8-11(2)14(16)17/h4-7,11H,3,8-10H2,1-2H3,(H,16,17). The minimum Gasteiger partial charge on any atom is -0.481 e. The van der Waals surface area contributed by atoms with Crippen LogP contribution in [-0.2, 0) is 21.4 Å². The minimum atomic E-state index is -0.730. The van der Waals surface area contributed by atoms with Gasteiger partial charge in [0.25, 0.3) is 0 Å². The molecule has 1 fully saturated rings. The van der Waals surface area contributed by atoms with Crippen LogP contribution >= 0.6 is 0 Å². The van der Waals surface area contributed by atoms with E-state index in [2.05, 4.69) is 31.2 Å². The summed E-state index contributed by atoms with van der Waals surface area (Å²) in [6.45, 7) is 5.17. The lowest BCUT2D eigenvalue weighted by Crippen LogP contribution is -2.48. The molecular weight excluding hydrogens is 228 g/mol. The first-order chi connectivity index (χ1) is 8.57. The van der Waals surface area contributed by atoms with Crippen molar-refractivity contribution in [3.8, 4) is 0 Å². The van der Waals surface area contributed by atoms with E-state index in [9.17, 15) is 4.79 Å². The van der Waals surface area contributed by atoms with Crippen LogP contribution in [0.4, 0.5) is 0 Å². The Morgan fingerprint density at radius 2 is 2.00 bits per heavy atom. The molecule has 3 nitrogen and oxygen atoms in total. The van der Waals surface area contributed by atoms with Crippen molar-refractivity contribution in [2.75, 3.05) is 13.2 Å². The molecule has 0 amide bonds. The molecule has 18 heavy (non-hydrogen) atoms. The molecule has 0 spiro atoms. The molecule has 1 aliphatic heterocycles. The Labute approximate surface area is 108 Å². The number of hydrogen-bond acceptors (Lipinski definition) is 2. The van der Waals surface area contributed by atoms with Gasteiger partial charge in [-0.25, -0.2) is 0 Å². The smallest absolute Gasteiger partial charge is 0.306 e. The third kappa shape index (κ3) is 2.41. The monoisotopic (exact) mass is 248 g/mol. The molecule has 3 heteroatoms. The SMILES string of the molecule is CCc1ccc(C2(CC(C)C(=O)O)COC2)cc1. The van der Waals surface area contributed by atoms with Crippen LogP contribution in [0.15, 0.2) is 24.3 Å². The Morgan fingerprint density at radius 1 is 1.39 bits per heavy atom. The first kappa shape index (κ1) is 13.1. The van der Waals surface area contributed by atoms with E-state index in [-0.39, 0.29) is 11.3 Å². The van der Waals surface area contributed by atoms with Gasteiger partial charge in [0.2, 0.25) is 0 Å². The fraction of sp³-hybridized carbons (Fsp3) is 0.533. The van der Waals surface area contributed by atoms with Crippen molar-refractivity contribution in [2.45, 2.75) is 32.1 Å². The first-order valence-electron chi connectivity index (χ1n) is 6.47.